The fraction of sp³-hybridized carbons (Fsp3) is 0.0678. The van der Waals surface area contributed by atoms with Crippen LogP contribution >= 0.6 is 67.8 Å². The van der Waals surface area contributed by atoms with E-state index in [0.29, 0.717) is 23.3 Å². The van der Waals surface area contributed by atoms with Gasteiger partial charge in [0.05, 0.1) is 33.5 Å². The number of aromatic nitrogens is 6. The molecule has 0 aliphatic rings. The molecule has 0 bridgehead atoms. The van der Waals surface area contributed by atoms with E-state index < -0.39 is 0 Å². The highest BCUT2D eigenvalue weighted by molar-refractivity contribution is 14.1. The van der Waals surface area contributed by atoms with E-state index in [2.05, 4.69) is 213 Å². The molecule has 0 saturated carbocycles. The van der Waals surface area contributed by atoms with Crippen LogP contribution in [0.3, 0.4) is 0 Å². The van der Waals surface area contributed by atoms with Gasteiger partial charge in [-0.05, 0) is 171 Å². The fourth-order valence-corrected chi connectivity index (χ4v) is 12.1. The Morgan fingerprint density at radius 3 is 1.80 bits per heavy atom. The minimum absolute atomic E-state index is 0.567. The highest BCUT2D eigenvalue weighted by atomic mass is 127. The number of unbranched alkanes of at least 4 members (excludes halogenated alkanes) is 1. The van der Waals surface area contributed by atoms with E-state index in [1.807, 2.05) is 48.5 Å². The normalized spacial score (nSPS) is 11.7. The predicted octanol–water partition coefficient (Wildman–Crippen LogP) is 16.8. The Bertz CT molecular complexity index is 3870. The molecule has 0 unspecified atom stereocenters. The minimum atomic E-state index is 0.567. The Kier molecular flexibility index (Phi) is 11.8. The molecule has 8 aromatic carbocycles. The van der Waals surface area contributed by atoms with E-state index in [0.717, 1.165) is 124 Å². The zero-order chi connectivity index (χ0) is 46.6. The van der Waals surface area contributed by atoms with Gasteiger partial charge in [0, 0.05) is 60.2 Å². The minimum Gasteiger partial charge on any atom is -0.455 e. The Labute approximate surface area is 439 Å². The van der Waals surface area contributed by atoms with E-state index in [9.17, 15) is 0 Å². The van der Waals surface area contributed by atoms with Crippen LogP contribution in [0.5, 0.6) is 0 Å². The Balaban J connectivity index is 1.15. The first-order chi connectivity index (χ1) is 33.8. The van der Waals surface area contributed by atoms with Crippen molar-refractivity contribution < 1.29 is 4.42 Å². The van der Waals surface area contributed by atoms with Gasteiger partial charge in [0.15, 0.2) is 23.3 Å². The number of para-hydroxylation sites is 2. The fourth-order valence-electron chi connectivity index (χ4n) is 9.38. The Hall–Kier alpha value is -6.36. The maximum Gasteiger partial charge on any atom is 0.164 e. The van der Waals surface area contributed by atoms with Crippen molar-refractivity contribution in [1.29, 1.82) is 0 Å². The summed E-state index contributed by atoms with van der Waals surface area (Å²) >= 11 is 7.17. The summed E-state index contributed by atoms with van der Waals surface area (Å²) in [7, 11) is 0. The standard InChI is InChI=1S/C59H39I3N6O/c1-2-3-14-35-27-39(29-41(60)28-35)58-65-57(66-59(67-58)40-30-42(61)33-43(62)31-40)38-23-25-51(47(32-38)49-34-48(36-15-6-4-7-16-36)63-56(64-49)37-17-8-5-9-18-37)68-50-21-12-10-20-46(50)54-52(68)26-24-45-44-19-11-13-22-53(44)69-55(45)54/h4-13,15-34H,2-3,14H2,1H3. The molecule has 4 aromatic heterocycles. The number of nitrogens with zero attached hydrogens (tertiary/aromatic N) is 6. The van der Waals surface area contributed by atoms with Crippen molar-refractivity contribution in [3.05, 3.63) is 198 Å². The van der Waals surface area contributed by atoms with E-state index in [1.165, 1.54) is 5.56 Å². The van der Waals surface area contributed by atoms with Gasteiger partial charge in [-0.1, -0.05) is 110 Å². The second-order valence-electron chi connectivity index (χ2n) is 17.1. The highest BCUT2D eigenvalue weighted by Gasteiger charge is 2.23. The zero-order valence-corrected chi connectivity index (χ0v) is 43.6. The Morgan fingerprint density at radius 1 is 0.449 bits per heavy atom. The molecule has 332 valence electrons. The molecule has 10 heteroatoms. The van der Waals surface area contributed by atoms with Gasteiger partial charge >= 0.3 is 0 Å². The second-order valence-corrected chi connectivity index (χ2v) is 20.9. The molecule has 0 aliphatic carbocycles. The average Bonchev–Trinajstić information content (AvgIpc) is 3.93. The number of hydrogen-bond acceptors (Lipinski definition) is 6. The van der Waals surface area contributed by atoms with Crippen LogP contribution in [-0.4, -0.2) is 29.5 Å². The molecular weight excluding hydrogens is 1190 g/mol. The van der Waals surface area contributed by atoms with Crippen molar-refractivity contribution >= 4 is 112 Å². The number of aryl methyl sites for hydroxylation is 1. The summed E-state index contributed by atoms with van der Waals surface area (Å²) in [4.78, 5) is 26.5. The molecule has 12 rings (SSSR count). The van der Waals surface area contributed by atoms with Gasteiger partial charge in [0.1, 0.15) is 11.2 Å². The van der Waals surface area contributed by atoms with Crippen LogP contribution in [0.25, 0.3) is 117 Å². The molecule has 0 aliphatic heterocycles. The zero-order valence-electron chi connectivity index (χ0n) is 37.2. The molecule has 0 spiro atoms. The molecule has 0 saturated heterocycles. The van der Waals surface area contributed by atoms with Gasteiger partial charge in [0.25, 0.3) is 0 Å². The third-order valence-corrected chi connectivity index (χ3v) is 14.4. The van der Waals surface area contributed by atoms with Crippen LogP contribution in [0, 0.1) is 10.7 Å². The monoisotopic (exact) mass is 1230 g/mol. The summed E-state index contributed by atoms with van der Waals surface area (Å²) in [6.45, 7) is 2.23. The summed E-state index contributed by atoms with van der Waals surface area (Å²) in [5.74, 6) is 2.44. The summed E-state index contributed by atoms with van der Waals surface area (Å²) in [5, 5.41) is 4.33. The van der Waals surface area contributed by atoms with Gasteiger partial charge in [-0.3, -0.25) is 0 Å². The van der Waals surface area contributed by atoms with Gasteiger partial charge < -0.3 is 8.98 Å². The molecular formula is C59H39I3N6O. The van der Waals surface area contributed by atoms with Crippen molar-refractivity contribution in [2.45, 2.75) is 26.2 Å². The smallest absolute Gasteiger partial charge is 0.164 e. The summed E-state index contributed by atoms with van der Waals surface area (Å²) in [5.41, 5.74) is 13.1. The molecule has 0 fully saturated rings. The first kappa shape index (κ1) is 43.9. The van der Waals surface area contributed by atoms with Crippen LogP contribution < -0.4 is 0 Å². The maximum absolute atomic E-state index is 6.73. The van der Waals surface area contributed by atoms with Gasteiger partial charge in [0.2, 0.25) is 0 Å². The van der Waals surface area contributed by atoms with Crippen molar-refractivity contribution in [3.8, 4) is 73.8 Å². The molecule has 7 nitrogen and oxygen atoms in total. The summed E-state index contributed by atoms with van der Waals surface area (Å²) in [6.07, 6.45) is 3.22. The molecule has 4 heterocycles. The van der Waals surface area contributed by atoms with E-state index in [1.54, 1.807) is 0 Å². The second kappa shape index (κ2) is 18.5. The number of fused-ring (bicyclic) bond motifs is 7. The lowest BCUT2D eigenvalue weighted by Gasteiger charge is -2.17. The van der Waals surface area contributed by atoms with E-state index >= 15 is 0 Å². The lowest BCUT2D eigenvalue weighted by molar-refractivity contribution is 0.673. The molecule has 0 N–H and O–H groups in total. The molecule has 69 heavy (non-hydrogen) atoms. The average molecular weight is 1230 g/mol. The van der Waals surface area contributed by atoms with Gasteiger partial charge in [-0.15, -0.1) is 0 Å². The third-order valence-electron chi connectivity index (χ3n) is 12.6. The van der Waals surface area contributed by atoms with Crippen LogP contribution in [0.15, 0.2) is 186 Å². The predicted molar refractivity (Wildman–Crippen MR) is 306 cm³/mol. The number of halogens is 3. The topological polar surface area (TPSA) is 82.5 Å². The van der Waals surface area contributed by atoms with Crippen molar-refractivity contribution in [2.24, 2.45) is 0 Å². The largest absolute Gasteiger partial charge is 0.455 e. The van der Waals surface area contributed by atoms with Crippen LogP contribution in [-0.2, 0) is 6.42 Å². The van der Waals surface area contributed by atoms with Gasteiger partial charge in [-0.25, -0.2) is 24.9 Å². The first-order valence-electron chi connectivity index (χ1n) is 22.9. The summed E-state index contributed by atoms with van der Waals surface area (Å²) < 4.78 is 12.4. The molecule has 12 aromatic rings. The van der Waals surface area contributed by atoms with Crippen LogP contribution in [0.1, 0.15) is 25.3 Å². The van der Waals surface area contributed by atoms with Crippen LogP contribution in [0.4, 0.5) is 0 Å². The quantitative estimate of drug-likeness (QED) is 0.127. The molecule has 0 radical (unpaired) electrons. The maximum atomic E-state index is 6.73. The van der Waals surface area contributed by atoms with Crippen molar-refractivity contribution in [1.82, 2.24) is 29.5 Å². The number of benzene rings is 8. The third kappa shape index (κ3) is 8.39. The van der Waals surface area contributed by atoms with E-state index in [4.69, 9.17) is 29.3 Å². The number of rotatable bonds is 10. The van der Waals surface area contributed by atoms with E-state index in [-0.39, 0.29) is 0 Å². The molecule has 0 amide bonds. The van der Waals surface area contributed by atoms with Crippen molar-refractivity contribution in [3.63, 3.8) is 0 Å². The lowest BCUT2D eigenvalue weighted by atomic mass is 10.0. The highest BCUT2D eigenvalue weighted by Crippen LogP contribution is 2.43. The molecule has 0 atom stereocenters. The lowest BCUT2D eigenvalue weighted by Crippen LogP contribution is -2.04. The SMILES string of the molecule is CCCCc1cc(I)cc(-c2nc(-c3cc(I)cc(I)c3)nc(-c3ccc(-n4c5ccccc5c5c6oc7ccccc7c6ccc54)c(-c4cc(-c5ccccc5)nc(-c5ccccc5)n4)c3)n2)c1. The Morgan fingerprint density at radius 2 is 1.06 bits per heavy atom. The van der Waals surface area contributed by atoms with Crippen LogP contribution in [0.2, 0.25) is 0 Å². The van der Waals surface area contributed by atoms with Gasteiger partial charge in [-0.2, -0.15) is 0 Å². The van der Waals surface area contributed by atoms with Crippen molar-refractivity contribution in [2.75, 3.05) is 0 Å². The number of hydrogen-bond donors (Lipinski definition) is 0. The number of furan rings is 1. The first-order valence-corrected chi connectivity index (χ1v) is 26.1. The summed E-state index contributed by atoms with van der Waals surface area (Å²) in [6, 6.07) is 63.6.